The number of nitrogens with two attached hydrogens (primary N) is 1. The molecule has 0 bridgehead atoms. The Morgan fingerprint density at radius 2 is 1.93 bits per heavy atom. The standard InChI is InChI=1S/C20H17N5O2/c1-25-5-4-13-14(7-21)19(24)20(9-22,10-23)18(15(13)8-25)12-2-3-16-17(6-12)27-11-26-16/h2-4,6,15,18H,5,8,11,24H2,1H3/t15-,18+/m0/s1. The molecule has 7 nitrogen and oxygen atoms in total. The molecule has 2 N–H and O–H groups in total. The Bertz CT molecular complexity index is 991. The van der Waals surface area contributed by atoms with E-state index >= 15 is 0 Å². The Morgan fingerprint density at radius 1 is 1.19 bits per heavy atom. The topological polar surface area (TPSA) is 119 Å². The van der Waals surface area contributed by atoms with Gasteiger partial charge in [0.15, 0.2) is 16.9 Å². The van der Waals surface area contributed by atoms with E-state index in [-0.39, 0.29) is 24.0 Å². The van der Waals surface area contributed by atoms with Crippen molar-refractivity contribution >= 4 is 0 Å². The number of rotatable bonds is 1. The van der Waals surface area contributed by atoms with Gasteiger partial charge in [0, 0.05) is 24.9 Å². The zero-order chi connectivity index (χ0) is 19.2. The molecule has 3 aliphatic rings. The summed E-state index contributed by atoms with van der Waals surface area (Å²) < 4.78 is 10.9. The van der Waals surface area contributed by atoms with Crippen molar-refractivity contribution in [3.63, 3.8) is 0 Å². The second-order valence-electron chi connectivity index (χ2n) is 7.01. The lowest BCUT2D eigenvalue weighted by Gasteiger charge is -2.45. The van der Waals surface area contributed by atoms with Crippen LogP contribution in [0.5, 0.6) is 11.5 Å². The number of allylic oxidation sites excluding steroid dienone is 2. The second-order valence-corrected chi connectivity index (χ2v) is 7.01. The van der Waals surface area contributed by atoms with E-state index in [0.29, 0.717) is 24.6 Å². The summed E-state index contributed by atoms with van der Waals surface area (Å²) in [5.41, 5.74) is 6.53. The molecule has 0 radical (unpaired) electrons. The highest BCUT2D eigenvalue weighted by Crippen LogP contribution is 2.54. The van der Waals surface area contributed by atoms with Crippen LogP contribution in [0.2, 0.25) is 0 Å². The maximum atomic E-state index is 10.0. The molecule has 0 fully saturated rings. The van der Waals surface area contributed by atoms with E-state index in [0.717, 1.165) is 11.1 Å². The fourth-order valence-electron chi connectivity index (χ4n) is 4.31. The molecule has 2 atom stereocenters. The predicted molar refractivity (Wildman–Crippen MR) is 94.9 cm³/mol. The SMILES string of the molecule is CN1CC=C2C(C#N)=C(N)C(C#N)(C#N)[C@H](c3ccc4c(c3)OCO4)[C@H]2C1. The quantitative estimate of drug-likeness (QED) is 0.811. The lowest BCUT2D eigenvalue weighted by Crippen LogP contribution is -2.47. The number of likely N-dealkylation sites (N-methyl/N-ethyl adjacent to an activating group) is 1. The summed E-state index contributed by atoms with van der Waals surface area (Å²) in [7, 11) is 1.97. The van der Waals surface area contributed by atoms with E-state index < -0.39 is 11.3 Å². The van der Waals surface area contributed by atoms with Gasteiger partial charge in [-0.2, -0.15) is 15.8 Å². The van der Waals surface area contributed by atoms with Crippen molar-refractivity contribution < 1.29 is 9.47 Å². The molecule has 0 aromatic heterocycles. The van der Waals surface area contributed by atoms with Crippen LogP contribution in [0.1, 0.15) is 11.5 Å². The van der Waals surface area contributed by atoms with E-state index in [4.69, 9.17) is 15.2 Å². The average molecular weight is 359 g/mol. The van der Waals surface area contributed by atoms with E-state index in [2.05, 4.69) is 23.1 Å². The van der Waals surface area contributed by atoms with Crippen LogP contribution in [0.25, 0.3) is 0 Å². The highest BCUT2D eigenvalue weighted by atomic mass is 16.7. The van der Waals surface area contributed by atoms with Gasteiger partial charge in [-0.1, -0.05) is 12.1 Å². The minimum Gasteiger partial charge on any atom is -0.454 e. The highest BCUT2D eigenvalue weighted by Gasteiger charge is 2.54. The van der Waals surface area contributed by atoms with Gasteiger partial charge < -0.3 is 20.1 Å². The first-order chi connectivity index (χ1) is 13.1. The maximum Gasteiger partial charge on any atom is 0.231 e. The fourth-order valence-corrected chi connectivity index (χ4v) is 4.31. The zero-order valence-electron chi connectivity index (χ0n) is 14.8. The number of hydrogen-bond donors (Lipinski definition) is 1. The van der Waals surface area contributed by atoms with Gasteiger partial charge in [0.25, 0.3) is 0 Å². The van der Waals surface area contributed by atoms with Crippen molar-refractivity contribution in [1.29, 1.82) is 15.8 Å². The van der Waals surface area contributed by atoms with Gasteiger partial charge in [0.2, 0.25) is 6.79 Å². The third-order valence-electron chi connectivity index (χ3n) is 5.60. The van der Waals surface area contributed by atoms with E-state index in [1.54, 1.807) is 6.07 Å². The number of benzene rings is 1. The highest BCUT2D eigenvalue weighted by molar-refractivity contribution is 5.60. The molecule has 1 aliphatic carbocycles. The van der Waals surface area contributed by atoms with E-state index in [1.807, 2.05) is 25.3 Å². The van der Waals surface area contributed by atoms with Crippen LogP contribution >= 0.6 is 0 Å². The van der Waals surface area contributed by atoms with E-state index in [1.165, 1.54) is 0 Å². The third-order valence-corrected chi connectivity index (χ3v) is 5.60. The zero-order valence-corrected chi connectivity index (χ0v) is 14.8. The molecule has 0 unspecified atom stereocenters. The van der Waals surface area contributed by atoms with Crippen molar-refractivity contribution in [1.82, 2.24) is 4.90 Å². The number of hydrogen-bond acceptors (Lipinski definition) is 7. The fraction of sp³-hybridized carbons (Fsp3) is 0.350. The molecule has 2 heterocycles. The van der Waals surface area contributed by atoms with Gasteiger partial charge in [-0.3, -0.25) is 0 Å². The summed E-state index contributed by atoms with van der Waals surface area (Å²) >= 11 is 0. The van der Waals surface area contributed by atoms with Crippen molar-refractivity contribution in [2.24, 2.45) is 17.1 Å². The molecule has 0 saturated carbocycles. The maximum absolute atomic E-state index is 10.0. The normalized spacial score (nSPS) is 25.6. The molecule has 7 heteroatoms. The van der Waals surface area contributed by atoms with Crippen molar-refractivity contribution in [2.45, 2.75) is 5.92 Å². The molecule has 1 aromatic carbocycles. The molecule has 4 rings (SSSR count). The van der Waals surface area contributed by atoms with Crippen LogP contribution in [0, 0.1) is 45.3 Å². The first-order valence-electron chi connectivity index (χ1n) is 8.57. The Labute approximate surface area is 157 Å². The number of fused-ring (bicyclic) bond motifs is 2. The predicted octanol–water partition coefficient (Wildman–Crippen LogP) is 1.77. The van der Waals surface area contributed by atoms with Crippen LogP contribution in [0.4, 0.5) is 0 Å². The molecule has 0 saturated heterocycles. The number of nitrogens with zero attached hydrogens (tertiary/aromatic N) is 4. The van der Waals surface area contributed by atoms with Gasteiger partial charge >= 0.3 is 0 Å². The second kappa shape index (κ2) is 6.06. The summed E-state index contributed by atoms with van der Waals surface area (Å²) in [6.07, 6.45) is 1.97. The van der Waals surface area contributed by atoms with Gasteiger partial charge in [-0.25, -0.2) is 0 Å². The van der Waals surface area contributed by atoms with Crippen LogP contribution in [-0.4, -0.2) is 31.8 Å². The van der Waals surface area contributed by atoms with Gasteiger partial charge in [-0.15, -0.1) is 0 Å². The van der Waals surface area contributed by atoms with Crippen molar-refractivity contribution in [2.75, 3.05) is 26.9 Å². The first kappa shape index (κ1) is 17.0. The van der Waals surface area contributed by atoms with Gasteiger partial charge in [0.1, 0.15) is 6.07 Å². The molecule has 27 heavy (non-hydrogen) atoms. The summed E-state index contributed by atoms with van der Waals surface area (Å²) in [4.78, 5) is 2.10. The van der Waals surface area contributed by atoms with E-state index in [9.17, 15) is 15.8 Å². The molecule has 0 spiro atoms. The molecular weight excluding hydrogens is 342 g/mol. The van der Waals surface area contributed by atoms with Gasteiger partial charge in [-0.05, 0) is 30.3 Å². The monoisotopic (exact) mass is 359 g/mol. The average Bonchev–Trinajstić information content (AvgIpc) is 3.15. The summed E-state index contributed by atoms with van der Waals surface area (Å²) in [5.74, 6) is 0.492. The van der Waals surface area contributed by atoms with Crippen LogP contribution in [0.3, 0.4) is 0 Å². The molecule has 2 aliphatic heterocycles. The third kappa shape index (κ3) is 2.28. The summed E-state index contributed by atoms with van der Waals surface area (Å²) in [5, 5.41) is 29.7. The minimum atomic E-state index is -1.63. The molecule has 1 aromatic rings. The number of nitriles is 3. The Kier molecular flexibility index (Phi) is 3.81. The molecule has 134 valence electrons. The number of ether oxygens (including phenoxy) is 2. The summed E-state index contributed by atoms with van der Waals surface area (Å²) in [6.45, 7) is 1.45. The smallest absolute Gasteiger partial charge is 0.231 e. The molecular formula is C20H17N5O2. The Hall–Kier alpha value is -3.47. The van der Waals surface area contributed by atoms with Crippen molar-refractivity contribution in [3.05, 3.63) is 46.7 Å². The van der Waals surface area contributed by atoms with Crippen LogP contribution in [0.15, 0.2) is 41.1 Å². The minimum absolute atomic E-state index is 0.0321. The lowest BCUT2D eigenvalue weighted by atomic mass is 9.58. The lowest BCUT2D eigenvalue weighted by molar-refractivity contribution is 0.174. The molecule has 0 amide bonds. The van der Waals surface area contributed by atoms with Crippen LogP contribution < -0.4 is 15.2 Å². The van der Waals surface area contributed by atoms with Crippen LogP contribution in [-0.2, 0) is 0 Å². The summed E-state index contributed by atoms with van der Waals surface area (Å²) in [6, 6.07) is 11.8. The largest absolute Gasteiger partial charge is 0.454 e. The Balaban J connectivity index is 1.98. The first-order valence-corrected chi connectivity index (χ1v) is 8.57. The van der Waals surface area contributed by atoms with Gasteiger partial charge in [0.05, 0.1) is 23.4 Å². The Morgan fingerprint density at radius 3 is 2.63 bits per heavy atom. The van der Waals surface area contributed by atoms with Crippen molar-refractivity contribution in [3.8, 4) is 29.7 Å².